The second-order valence-electron chi connectivity index (χ2n) is 5.29. The summed E-state index contributed by atoms with van der Waals surface area (Å²) < 4.78 is 0. The van der Waals surface area contributed by atoms with Gasteiger partial charge in [0.2, 0.25) is 0 Å². The zero-order valence-corrected chi connectivity index (χ0v) is 11.4. The molecule has 1 aromatic carbocycles. The molecule has 4 nitrogen and oxygen atoms in total. The van der Waals surface area contributed by atoms with Gasteiger partial charge in [-0.1, -0.05) is 13.8 Å². The Kier molecular flexibility index (Phi) is 4.22. The van der Waals surface area contributed by atoms with Gasteiger partial charge in [-0.25, -0.2) is 0 Å². The number of benzene rings is 1. The number of fused-ring (bicyclic) bond motifs is 1. The van der Waals surface area contributed by atoms with Gasteiger partial charge in [0.05, 0.1) is 6.10 Å². The Morgan fingerprint density at radius 2 is 2.05 bits per heavy atom. The molecule has 2 rings (SSSR count). The fourth-order valence-electron chi connectivity index (χ4n) is 2.22. The minimum absolute atomic E-state index is 0.343. The first-order valence-electron chi connectivity index (χ1n) is 6.62. The summed E-state index contributed by atoms with van der Waals surface area (Å²) >= 11 is 0. The highest BCUT2D eigenvalue weighted by Crippen LogP contribution is 2.27. The van der Waals surface area contributed by atoms with E-state index in [0.717, 1.165) is 28.6 Å². The molecule has 0 saturated heterocycles. The Balaban J connectivity index is 2.15. The van der Waals surface area contributed by atoms with Gasteiger partial charge in [0.1, 0.15) is 0 Å². The zero-order chi connectivity index (χ0) is 13.8. The third kappa shape index (κ3) is 3.35. The van der Waals surface area contributed by atoms with Crippen LogP contribution < -0.4 is 11.1 Å². The second-order valence-corrected chi connectivity index (χ2v) is 5.29. The molecule has 1 heterocycles. The van der Waals surface area contributed by atoms with Crippen molar-refractivity contribution in [3.05, 3.63) is 30.6 Å². The molecule has 0 bridgehead atoms. The minimum atomic E-state index is -0.343. The number of rotatable bonds is 5. The van der Waals surface area contributed by atoms with Crippen LogP contribution in [0.25, 0.3) is 10.8 Å². The number of pyridine rings is 1. The number of hydrogen-bond acceptors (Lipinski definition) is 4. The summed E-state index contributed by atoms with van der Waals surface area (Å²) in [6.45, 7) is 4.74. The highest BCUT2D eigenvalue weighted by Gasteiger charge is 2.08. The van der Waals surface area contributed by atoms with Gasteiger partial charge in [0, 0.05) is 41.1 Å². The first-order valence-corrected chi connectivity index (χ1v) is 6.62. The molecule has 2 aromatic rings. The number of nitrogen functional groups attached to an aromatic ring is 1. The Hall–Kier alpha value is -1.81. The van der Waals surface area contributed by atoms with Crippen molar-refractivity contribution >= 4 is 22.1 Å². The summed E-state index contributed by atoms with van der Waals surface area (Å²) in [6, 6.07) is 5.71. The van der Waals surface area contributed by atoms with Crippen molar-refractivity contribution < 1.29 is 5.11 Å². The van der Waals surface area contributed by atoms with Gasteiger partial charge in [-0.15, -0.1) is 0 Å². The third-order valence-electron chi connectivity index (χ3n) is 3.12. The lowest BCUT2D eigenvalue weighted by atomic mass is 10.1. The quantitative estimate of drug-likeness (QED) is 0.722. The van der Waals surface area contributed by atoms with E-state index in [4.69, 9.17) is 5.73 Å². The van der Waals surface area contributed by atoms with Gasteiger partial charge in [0.15, 0.2) is 0 Å². The SMILES string of the molecule is CC(C)CC(O)CNc1ccc(N)c2ccncc12. The molecule has 0 aliphatic heterocycles. The number of aromatic nitrogens is 1. The van der Waals surface area contributed by atoms with Gasteiger partial charge in [-0.3, -0.25) is 4.98 Å². The van der Waals surface area contributed by atoms with Crippen LogP contribution >= 0.6 is 0 Å². The Morgan fingerprint density at radius 3 is 2.79 bits per heavy atom. The summed E-state index contributed by atoms with van der Waals surface area (Å²) in [5.41, 5.74) is 7.64. The molecule has 1 aromatic heterocycles. The molecule has 0 spiro atoms. The number of aliphatic hydroxyl groups is 1. The van der Waals surface area contributed by atoms with E-state index in [-0.39, 0.29) is 6.10 Å². The minimum Gasteiger partial charge on any atom is -0.398 e. The van der Waals surface area contributed by atoms with E-state index >= 15 is 0 Å². The predicted octanol–water partition coefficient (Wildman–Crippen LogP) is 2.64. The van der Waals surface area contributed by atoms with Crippen LogP contribution in [0.3, 0.4) is 0 Å². The molecule has 0 aliphatic carbocycles. The molecule has 0 amide bonds. The number of nitrogens with zero attached hydrogens (tertiary/aromatic N) is 1. The number of hydrogen-bond donors (Lipinski definition) is 3. The molecular weight excluding hydrogens is 238 g/mol. The molecule has 0 saturated carbocycles. The van der Waals surface area contributed by atoms with E-state index in [2.05, 4.69) is 24.1 Å². The maximum Gasteiger partial charge on any atom is 0.0715 e. The fourth-order valence-corrected chi connectivity index (χ4v) is 2.22. The standard InChI is InChI=1S/C15H21N3O/c1-10(2)7-11(19)8-18-15-4-3-14(16)12-5-6-17-9-13(12)15/h3-6,9-11,18-19H,7-8,16H2,1-2H3. The van der Waals surface area contributed by atoms with E-state index in [1.807, 2.05) is 18.2 Å². The summed E-state index contributed by atoms with van der Waals surface area (Å²) in [5, 5.41) is 15.1. The fraction of sp³-hybridized carbons (Fsp3) is 0.400. The van der Waals surface area contributed by atoms with Crippen molar-refractivity contribution in [3.63, 3.8) is 0 Å². The molecule has 19 heavy (non-hydrogen) atoms. The van der Waals surface area contributed by atoms with Crippen LogP contribution in [0.15, 0.2) is 30.6 Å². The van der Waals surface area contributed by atoms with Crippen LogP contribution in [-0.2, 0) is 0 Å². The highest BCUT2D eigenvalue weighted by atomic mass is 16.3. The molecule has 4 N–H and O–H groups in total. The number of aliphatic hydroxyl groups excluding tert-OH is 1. The molecule has 0 fully saturated rings. The van der Waals surface area contributed by atoms with E-state index in [9.17, 15) is 5.11 Å². The average Bonchev–Trinajstić information content (AvgIpc) is 2.37. The molecule has 1 unspecified atom stereocenters. The molecule has 0 aliphatic rings. The van der Waals surface area contributed by atoms with E-state index in [1.54, 1.807) is 12.4 Å². The average molecular weight is 259 g/mol. The van der Waals surface area contributed by atoms with Crippen molar-refractivity contribution in [1.82, 2.24) is 4.98 Å². The van der Waals surface area contributed by atoms with Gasteiger partial charge in [-0.2, -0.15) is 0 Å². The lowest BCUT2D eigenvalue weighted by molar-refractivity contribution is 0.161. The van der Waals surface area contributed by atoms with Crippen molar-refractivity contribution in [2.75, 3.05) is 17.6 Å². The van der Waals surface area contributed by atoms with Gasteiger partial charge >= 0.3 is 0 Å². The van der Waals surface area contributed by atoms with E-state index in [1.165, 1.54) is 0 Å². The lowest BCUT2D eigenvalue weighted by Crippen LogP contribution is -2.21. The highest BCUT2D eigenvalue weighted by molar-refractivity contribution is 6.00. The van der Waals surface area contributed by atoms with Crippen molar-refractivity contribution in [2.45, 2.75) is 26.4 Å². The molecule has 4 heteroatoms. The summed E-state index contributed by atoms with van der Waals surface area (Å²) in [7, 11) is 0. The third-order valence-corrected chi connectivity index (χ3v) is 3.12. The van der Waals surface area contributed by atoms with Crippen LogP contribution in [0.2, 0.25) is 0 Å². The molecule has 1 atom stereocenters. The van der Waals surface area contributed by atoms with Gasteiger partial charge < -0.3 is 16.2 Å². The van der Waals surface area contributed by atoms with Crippen LogP contribution in [-0.4, -0.2) is 22.7 Å². The maximum absolute atomic E-state index is 9.90. The zero-order valence-electron chi connectivity index (χ0n) is 11.4. The Bertz CT molecular complexity index is 554. The first kappa shape index (κ1) is 13.6. The Labute approximate surface area is 113 Å². The normalized spacial score (nSPS) is 12.8. The second kappa shape index (κ2) is 5.89. The lowest BCUT2D eigenvalue weighted by Gasteiger charge is -2.16. The number of nitrogens with one attached hydrogen (secondary N) is 1. The van der Waals surface area contributed by atoms with Crippen LogP contribution in [0.5, 0.6) is 0 Å². The van der Waals surface area contributed by atoms with Gasteiger partial charge in [0.25, 0.3) is 0 Å². The molecule has 0 radical (unpaired) electrons. The predicted molar refractivity (Wildman–Crippen MR) is 80.1 cm³/mol. The van der Waals surface area contributed by atoms with Crippen LogP contribution in [0.4, 0.5) is 11.4 Å². The molecule has 102 valence electrons. The largest absolute Gasteiger partial charge is 0.398 e. The monoisotopic (exact) mass is 259 g/mol. The summed E-state index contributed by atoms with van der Waals surface area (Å²) in [5.74, 6) is 0.488. The maximum atomic E-state index is 9.90. The number of anilines is 2. The number of nitrogens with two attached hydrogens (primary N) is 1. The van der Waals surface area contributed by atoms with E-state index in [0.29, 0.717) is 12.5 Å². The van der Waals surface area contributed by atoms with Gasteiger partial charge in [-0.05, 0) is 30.5 Å². The van der Waals surface area contributed by atoms with Crippen molar-refractivity contribution in [2.24, 2.45) is 5.92 Å². The van der Waals surface area contributed by atoms with Crippen LogP contribution in [0.1, 0.15) is 20.3 Å². The smallest absolute Gasteiger partial charge is 0.0715 e. The first-order chi connectivity index (χ1) is 9.08. The topological polar surface area (TPSA) is 71.2 Å². The van der Waals surface area contributed by atoms with Crippen molar-refractivity contribution in [3.8, 4) is 0 Å². The van der Waals surface area contributed by atoms with Crippen LogP contribution in [0, 0.1) is 5.92 Å². The summed E-state index contributed by atoms with van der Waals surface area (Å²) in [4.78, 5) is 4.13. The summed E-state index contributed by atoms with van der Waals surface area (Å²) in [6.07, 6.45) is 3.97. The Morgan fingerprint density at radius 1 is 1.26 bits per heavy atom. The van der Waals surface area contributed by atoms with E-state index < -0.39 is 0 Å². The van der Waals surface area contributed by atoms with Crippen molar-refractivity contribution in [1.29, 1.82) is 0 Å². The molecular formula is C15H21N3O.